The number of hydrogen-bond acceptors (Lipinski definition) is 5. The summed E-state index contributed by atoms with van der Waals surface area (Å²) in [5.41, 5.74) is 0.986. The Bertz CT molecular complexity index is 694. The molecule has 0 aliphatic carbocycles. The van der Waals surface area contributed by atoms with Crippen molar-refractivity contribution in [2.24, 2.45) is 5.10 Å². The zero-order valence-electron chi connectivity index (χ0n) is 12.4. The smallest absolute Gasteiger partial charge is 0.305 e. The van der Waals surface area contributed by atoms with Crippen molar-refractivity contribution in [3.05, 3.63) is 29.8 Å². The van der Waals surface area contributed by atoms with E-state index in [0.717, 1.165) is 5.01 Å². The largest absolute Gasteiger partial charge is 0.481 e. The molecular formula is C15H15N3O5. The number of rotatable bonds is 6. The van der Waals surface area contributed by atoms with Gasteiger partial charge in [-0.25, -0.2) is 5.01 Å². The Balaban J connectivity index is 2.05. The van der Waals surface area contributed by atoms with Crippen molar-refractivity contribution in [1.29, 1.82) is 0 Å². The van der Waals surface area contributed by atoms with Gasteiger partial charge in [0, 0.05) is 19.0 Å². The van der Waals surface area contributed by atoms with Crippen molar-refractivity contribution < 1.29 is 24.3 Å². The first-order chi connectivity index (χ1) is 10.9. The highest BCUT2D eigenvalue weighted by Gasteiger charge is 2.27. The van der Waals surface area contributed by atoms with Gasteiger partial charge < -0.3 is 10.4 Å². The third-order valence-electron chi connectivity index (χ3n) is 3.18. The van der Waals surface area contributed by atoms with Crippen molar-refractivity contribution >= 4 is 35.0 Å². The number of anilines is 1. The van der Waals surface area contributed by atoms with Crippen LogP contribution in [-0.4, -0.2) is 40.9 Å². The SMILES string of the molecule is CC(=O)C1=NN(c2ccc(C(=O)NCCC(=O)O)cc2)C(=O)C1. The molecular weight excluding hydrogens is 302 g/mol. The van der Waals surface area contributed by atoms with Gasteiger partial charge in [0.2, 0.25) is 0 Å². The molecule has 1 aromatic rings. The van der Waals surface area contributed by atoms with Gasteiger partial charge in [-0.05, 0) is 24.3 Å². The average Bonchev–Trinajstić information content (AvgIpc) is 2.89. The second-order valence-corrected chi connectivity index (χ2v) is 4.93. The quantitative estimate of drug-likeness (QED) is 0.796. The normalized spacial score (nSPS) is 13.7. The van der Waals surface area contributed by atoms with Gasteiger partial charge in [0.25, 0.3) is 11.8 Å². The van der Waals surface area contributed by atoms with Crippen LogP contribution in [0.2, 0.25) is 0 Å². The molecule has 8 heteroatoms. The summed E-state index contributed by atoms with van der Waals surface area (Å²) in [4.78, 5) is 45.3. The zero-order valence-corrected chi connectivity index (χ0v) is 12.4. The Morgan fingerprint density at radius 2 is 1.91 bits per heavy atom. The van der Waals surface area contributed by atoms with Crippen molar-refractivity contribution in [3.8, 4) is 0 Å². The monoisotopic (exact) mass is 317 g/mol. The van der Waals surface area contributed by atoms with Gasteiger partial charge in [0.1, 0.15) is 5.71 Å². The molecule has 1 aliphatic rings. The van der Waals surface area contributed by atoms with Gasteiger partial charge >= 0.3 is 5.97 Å². The Kier molecular flexibility index (Phi) is 4.85. The fraction of sp³-hybridized carbons (Fsp3) is 0.267. The van der Waals surface area contributed by atoms with Crippen molar-refractivity contribution in [3.63, 3.8) is 0 Å². The maximum absolute atomic E-state index is 11.8. The topological polar surface area (TPSA) is 116 Å². The highest BCUT2D eigenvalue weighted by Crippen LogP contribution is 2.21. The maximum Gasteiger partial charge on any atom is 0.305 e. The van der Waals surface area contributed by atoms with E-state index in [1.807, 2.05) is 0 Å². The predicted molar refractivity (Wildman–Crippen MR) is 81.2 cm³/mol. The predicted octanol–water partition coefficient (Wildman–Crippen LogP) is 0.573. The summed E-state index contributed by atoms with van der Waals surface area (Å²) in [6.45, 7) is 1.38. The molecule has 0 atom stereocenters. The van der Waals surface area contributed by atoms with Gasteiger partial charge in [-0.2, -0.15) is 5.10 Å². The molecule has 2 N–H and O–H groups in total. The molecule has 0 saturated heterocycles. The molecule has 1 aliphatic heterocycles. The molecule has 0 radical (unpaired) electrons. The van der Waals surface area contributed by atoms with Crippen molar-refractivity contribution in [2.45, 2.75) is 19.8 Å². The van der Waals surface area contributed by atoms with E-state index in [4.69, 9.17) is 5.11 Å². The fourth-order valence-electron chi connectivity index (χ4n) is 1.97. The number of ketones is 1. The van der Waals surface area contributed by atoms with E-state index in [9.17, 15) is 19.2 Å². The van der Waals surface area contributed by atoms with Crippen LogP contribution in [0.15, 0.2) is 29.4 Å². The first kappa shape index (κ1) is 16.3. The number of carboxylic acid groups (broad SMARTS) is 1. The average molecular weight is 317 g/mol. The number of nitrogens with zero attached hydrogens (tertiary/aromatic N) is 2. The van der Waals surface area contributed by atoms with Crippen LogP contribution in [0.3, 0.4) is 0 Å². The molecule has 0 fully saturated rings. The molecule has 0 bridgehead atoms. The Labute approximate surface area is 131 Å². The van der Waals surface area contributed by atoms with E-state index in [-0.39, 0.29) is 36.8 Å². The summed E-state index contributed by atoms with van der Waals surface area (Å²) < 4.78 is 0. The second-order valence-electron chi connectivity index (χ2n) is 4.93. The number of hydrogen-bond donors (Lipinski definition) is 2. The highest BCUT2D eigenvalue weighted by atomic mass is 16.4. The first-order valence-electron chi connectivity index (χ1n) is 6.90. The summed E-state index contributed by atoms with van der Waals surface area (Å²) in [6, 6.07) is 6.08. The number of aliphatic carboxylic acids is 1. The molecule has 2 amide bonds. The van der Waals surface area contributed by atoms with Crippen LogP contribution in [0.4, 0.5) is 5.69 Å². The van der Waals surface area contributed by atoms with Crippen LogP contribution in [0, 0.1) is 0 Å². The summed E-state index contributed by atoms with van der Waals surface area (Å²) in [6.07, 6.45) is -0.193. The lowest BCUT2D eigenvalue weighted by molar-refractivity contribution is -0.136. The number of amides is 2. The summed E-state index contributed by atoms with van der Waals surface area (Å²) in [7, 11) is 0. The summed E-state index contributed by atoms with van der Waals surface area (Å²) >= 11 is 0. The van der Waals surface area contributed by atoms with Crippen LogP contribution in [0.25, 0.3) is 0 Å². The lowest BCUT2D eigenvalue weighted by Gasteiger charge is -2.12. The van der Waals surface area contributed by atoms with E-state index in [1.54, 1.807) is 0 Å². The van der Waals surface area contributed by atoms with Crippen LogP contribution < -0.4 is 10.3 Å². The third kappa shape index (κ3) is 4.00. The molecule has 8 nitrogen and oxygen atoms in total. The molecule has 0 aromatic heterocycles. The van der Waals surface area contributed by atoms with E-state index >= 15 is 0 Å². The van der Waals surface area contributed by atoms with Crippen molar-refractivity contribution in [2.75, 3.05) is 11.6 Å². The number of nitrogens with one attached hydrogen (secondary N) is 1. The number of carbonyl (C=O) groups excluding carboxylic acids is 3. The zero-order chi connectivity index (χ0) is 17.0. The molecule has 120 valence electrons. The van der Waals surface area contributed by atoms with Gasteiger partial charge in [-0.1, -0.05) is 0 Å². The molecule has 1 aromatic carbocycles. The molecule has 23 heavy (non-hydrogen) atoms. The lowest BCUT2D eigenvalue weighted by Crippen LogP contribution is -2.26. The number of hydrazone groups is 1. The second kappa shape index (κ2) is 6.82. The Morgan fingerprint density at radius 1 is 1.26 bits per heavy atom. The number of carboxylic acids is 1. The van der Waals surface area contributed by atoms with E-state index in [0.29, 0.717) is 11.3 Å². The van der Waals surface area contributed by atoms with E-state index in [1.165, 1.54) is 31.2 Å². The molecule has 0 spiro atoms. The number of Topliss-reactive ketones (excluding diaryl/α,β-unsaturated/α-hetero) is 1. The minimum Gasteiger partial charge on any atom is -0.481 e. The summed E-state index contributed by atoms with van der Waals surface area (Å²) in [5, 5.41) is 16.1. The van der Waals surface area contributed by atoms with E-state index < -0.39 is 11.9 Å². The van der Waals surface area contributed by atoms with Crippen LogP contribution in [0.5, 0.6) is 0 Å². The van der Waals surface area contributed by atoms with E-state index in [2.05, 4.69) is 10.4 Å². The molecule has 0 saturated carbocycles. The Hall–Kier alpha value is -3.03. The van der Waals surface area contributed by atoms with Crippen LogP contribution >= 0.6 is 0 Å². The third-order valence-corrected chi connectivity index (χ3v) is 3.18. The fourth-order valence-corrected chi connectivity index (χ4v) is 1.97. The van der Waals surface area contributed by atoms with Gasteiger partial charge in [0.15, 0.2) is 5.78 Å². The molecule has 2 rings (SSSR count). The van der Waals surface area contributed by atoms with Gasteiger partial charge in [-0.3, -0.25) is 19.2 Å². The Morgan fingerprint density at radius 3 is 2.43 bits per heavy atom. The minimum atomic E-state index is -0.993. The number of benzene rings is 1. The minimum absolute atomic E-state index is 0.0345. The maximum atomic E-state index is 11.8. The highest BCUT2D eigenvalue weighted by molar-refractivity contribution is 6.44. The first-order valence-corrected chi connectivity index (χ1v) is 6.90. The van der Waals surface area contributed by atoms with Crippen LogP contribution in [0.1, 0.15) is 30.1 Å². The lowest BCUT2D eigenvalue weighted by atomic mass is 10.2. The standard InChI is InChI=1S/C15H15N3O5/c1-9(19)12-8-13(20)18(17-12)11-4-2-10(3-5-11)15(23)16-7-6-14(21)22/h2-5H,6-8H2,1H3,(H,16,23)(H,21,22). The number of carbonyl (C=O) groups is 4. The molecule has 0 unspecified atom stereocenters. The van der Waals surface area contributed by atoms with Gasteiger partial charge in [-0.15, -0.1) is 0 Å². The van der Waals surface area contributed by atoms with Crippen molar-refractivity contribution in [1.82, 2.24) is 5.32 Å². The molecule has 1 heterocycles. The summed E-state index contributed by atoms with van der Waals surface area (Å²) in [5.74, 6) is -1.96. The van der Waals surface area contributed by atoms with Gasteiger partial charge in [0.05, 0.1) is 18.5 Å². The van der Waals surface area contributed by atoms with Crippen LogP contribution in [-0.2, 0) is 14.4 Å².